The van der Waals surface area contributed by atoms with Crippen LogP contribution in [0.15, 0.2) is 22.7 Å². The van der Waals surface area contributed by atoms with Crippen molar-refractivity contribution in [2.24, 2.45) is 5.73 Å². The Balaban J connectivity index is 1.87. The zero-order valence-electron chi connectivity index (χ0n) is 13.1. The Kier molecular flexibility index (Phi) is 5.16. The Hall–Kier alpha value is -2.24. The molecular formula is C14H14N4O5S2. The first-order valence-electron chi connectivity index (χ1n) is 7.15. The van der Waals surface area contributed by atoms with Gasteiger partial charge in [0, 0.05) is 11.1 Å². The number of ether oxygens (including phenoxy) is 2. The number of amides is 1. The molecule has 2 unspecified atom stereocenters. The molecule has 1 aromatic rings. The van der Waals surface area contributed by atoms with Crippen molar-refractivity contribution in [1.29, 1.82) is 0 Å². The summed E-state index contributed by atoms with van der Waals surface area (Å²) >= 11 is 2.66. The smallest absolute Gasteiger partial charge is 0.355 e. The topological polar surface area (TPSA) is 125 Å². The van der Waals surface area contributed by atoms with Gasteiger partial charge < -0.3 is 15.2 Å². The number of rotatable bonds is 5. The number of hydrogen-bond donors (Lipinski definition) is 1. The van der Waals surface area contributed by atoms with Gasteiger partial charge in [-0.25, -0.2) is 9.59 Å². The van der Waals surface area contributed by atoms with E-state index in [2.05, 4.69) is 14.3 Å². The number of methoxy groups -OCH3 is 1. The average molecular weight is 382 g/mol. The molecule has 1 aromatic heterocycles. The van der Waals surface area contributed by atoms with Crippen LogP contribution in [0.3, 0.4) is 0 Å². The lowest BCUT2D eigenvalue weighted by Crippen LogP contribution is -2.68. The van der Waals surface area contributed by atoms with Crippen LogP contribution >= 0.6 is 23.3 Å². The molecule has 0 bridgehead atoms. The van der Waals surface area contributed by atoms with E-state index in [1.54, 1.807) is 17.5 Å². The minimum Gasteiger partial charge on any atom is -0.466 e. The highest BCUT2D eigenvalue weighted by Gasteiger charge is 2.51. The van der Waals surface area contributed by atoms with Gasteiger partial charge >= 0.3 is 11.9 Å². The van der Waals surface area contributed by atoms with Gasteiger partial charge in [0.15, 0.2) is 6.61 Å². The van der Waals surface area contributed by atoms with E-state index in [4.69, 9.17) is 10.5 Å². The molecule has 1 amide bonds. The Bertz CT molecular complexity index is 761. The SMILES string of the molecule is COC(=O)COC(=O)C1=C(/C=C\c2csnn2)CSC2C(N)C(=O)N12. The third kappa shape index (κ3) is 3.43. The first kappa shape index (κ1) is 17.6. The fourth-order valence-electron chi connectivity index (χ4n) is 2.34. The summed E-state index contributed by atoms with van der Waals surface area (Å²) in [5, 5.41) is 5.32. The molecule has 0 saturated carbocycles. The van der Waals surface area contributed by atoms with E-state index < -0.39 is 24.6 Å². The number of carbonyl (C=O) groups is 3. The lowest BCUT2D eigenvalue weighted by molar-refractivity contribution is -0.158. The van der Waals surface area contributed by atoms with Crippen molar-refractivity contribution in [3.8, 4) is 0 Å². The Morgan fingerprint density at radius 1 is 1.48 bits per heavy atom. The monoisotopic (exact) mass is 382 g/mol. The van der Waals surface area contributed by atoms with Crippen LogP contribution in [0.2, 0.25) is 0 Å². The van der Waals surface area contributed by atoms with Crippen molar-refractivity contribution in [3.63, 3.8) is 0 Å². The second-order valence-corrected chi connectivity index (χ2v) is 6.84. The lowest BCUT2D eigenvalue weighted by atomic mass is 10.0. The summed E-state index contributed by atoms with van der Waals surface area (Å²) in [6, 6.07) is -0.651. The molecule has 0 radical (unpaired) electrons. The van der Waals surface area contributed by atoms with E-state index in [0.29, 0.717) is 17.0 Å². The molecule has 2 N–H and O–H groups in total. The van der Waals surface area contributed by atoms with E-state index in [0.717, 1.165) is 0 Å². The predicted molar refractivity (Wildman–Crippen MR) is 90.0 cm³/mol. The molecule has 25 heavy (non-hydrogen) atoms. The second-order valence-electron chi connectivity index (χ2n) is 5.12. The number of β-lactam (4-membered cyclic amide) rings is 1. The maximum absolute atomic E-state index is 12.4. The molecule has 2 aliphatic rings. The highest BCUT2D eigenvalue weighted by Crippen LogP contribution is 2.40. The van der Waals surface area contributed by atoms with Crippen molar-refractivity contribution in [1.82, 2.24) is 14.5 Å². The molecule has 132 valence electrons. The molecule has 3 rings (SSSR count). The summed E-state index contributed by atoms with van der Waals surface area (Å²) in [6.07, 6.45) is 3.38. The number of nitrogens with zero attached hydrogens (tertiary/aromatic N) is 3. The minimum atomic E-state index is -0.771. The van der Waals surface area contributed by atoms with Gasteiger partial charge in [-0.2, -0.15) is 0 Å². The third-order valence-corrected chi connectivity index (χ3v) is 5.46. The van der Waals surface area contributed by atoms with Crippen molar-refractivity contribution in [2.75, 3.05) is 19.5 Å². The zero-order valence-corrected chi connectivity index (χ0v) is 14.7. The van der Waals surface area contributed by atoms with Crippen LogP contribution in [0.5, 0.6) is 0 Å². The summed E-state index contributed by atoms with van der Waals surface area (Å²) in [5.41, 5.74) is 7.10. The number of thioether (sulfide) groups is 1. The van der Waals surface area contributed by atoms with Crippen molar-refractivity contribution >= 4 is 47.2 Å². The van der Waals surface area contributed by atoms with Crippen molar-refractivity contribution in [3.05, 3.63) is 28.4 Å². The molecule has 0 aliphatic carbocycles. The fraction of sp³-hybridized carbons (Fsp3) is 0.357. The second kappa shape index (κ2) is 7.33. The molecule has 2 aliphatic heterocycles. The van der Waals surface area contributed by atoms with Gasteiger partial charge in [-0.15, -0.1) is 16.9 Å². The summed E-state index contributed by atoms with van der Waals surface area (Å²) in [4.78, 5) is 37.0. The molecule has 1 fully saturated rings. The molecule has 9 nitrogen and oxygen atoms in total. The summed E-state index contributed by atoms with van der Waals surface area (Å²) in [5.74, 6) is -1.35. The number of fused-ring (bicyclic) bond motifs is 1. The standard InChI is InChI=1S/C14H14N4O5S2/c1-22-9(19)4-23-14(21)11-7(2-3-8-6-25-17-16-8)5-24-13-10(15)12(20)18(11)13/h2-3,6,10,13H,4-5,15H2,1H3/b3-2-. The van der Waals surface area contributed by atoms with Crippen LogP contribution in [0.1, 0.15) is 5.69 Å². The van der Waals surface area contributed by atoms with Crippen molar-refractivity contribution < 1.29 is 23.9 Å². The minimum absolute atomic E-state index is 0.0961. The molecule has 1 saturated heterocycles. The quantitative estimate of drug-likeness (QED) is 0.543. The third-order valence-electron chi connectivity index (χ3n) is 3.61. The molecule has 0 aromatic carbocycles. The lowest BCUT2D eigenvalue weighted by Gasteiger charge is -2.48. The maximum Gasteiger partial charge on any atom is 0.355 e. The fourth-order valence-corrected chi connectivity index (χ4v) is 4.03. The molecule has 3 heterocycles. The van der Waals surface area contributed by atoms with E-state index in [1.165, 1.54) is 35.3 Å². The summed E-state index contributed by atoms with van der Waals surface area (Å²) in [7, 11) is 1.19. The highest BCUT2D eigenvalue weighted by molar-refractivity contribution is 8.00. The summed E-state index contributed by atoms with van der Waals surface area (Å²) in [6.45, 7) is -0.530. The first-order valence-corrected chi connectivity index (χ1v) is 9.04. The van der Waals surface area contributed by atoms with Crippen LogP contribution in [0.25, 0.3) is 6.08 Å². The largest absolute Gasteiger partial charge is 0.466 e. The van der Waals surface area contributed by atoms with Gasteiger partial charge in [0.25, 0.3) is 0 Å². The highest BCUT2D eigenvalue weighted by atomic mass is 32.2. The predicted octanol–water partition coefficient (Wildman–Crippen LogP) is -0.236. The number of esters is 2. The molecule has 0 spiro atoms. The molecular weight excluding hydrogens is 368 g/mol. The normalized spacial score (nSPS) is 22.6. The van der Waals surface area contributed by atoms with Gasteiger partial charge in [-0.1, -0.05) is 10.6 Å². The Morgan fingerprint density at radius 2 is 2.28 bits per heavy atom. The van der Waals surface area contributed by atoms with Gasteiger partial charge in [0.1, 0.15) is 17.1 Å². The number of aromatic nitrogens is 2. The van der Waals surface area contributed by atoms with Gasteiger partial charge in [0.2, 0.25) is 5.91 Å². The average Bonchev–Trinajstić information content (AvgIpc) is 3.16. The van der Waals surface area contributed by atoms with Crippen molar-refractivity contribution in [2.45, 2.75) is 11.4 Å². The van der Waals surface area contributed by atoms with Gasteiger partial charge in [-0.05, 0) is 23.2 Å². The van der Waals surface area contributed by atoms with Crippen LogP contribution in [0.4, 0.5) is 0 Å². The molecule has 11 heteroatoms. The van der Waals surface area contributed by atoms with E-state index in [9.17, 15) is 14.4 Å². The number of hydrogen-bond acceptors (Lipinski definition) is 10. The van der Waals surface area contributed by atoms with E-state index in [1.807, 2.05) is 0 Å². The van der Waals surface area contributed by atoms with Gasteiger partial charge in [-0.3, -0.25) is 9.69 Å². The van der Waals surface area contributed by atoms with Crippen LogP contribution in [-0.4, -0.2) is 63.2 Å². The first-order chi connectivity index (χ1) is 12.0. The molecule has 2 atom stereocenters. The maximum atomic E-state index is 12.4. The van der Waals surface area contributed by atoms with Gasteiger partial charge in [0.05, 0.1) is 12.8 Å². The number of allylic oxidation sites excluding steroid dienone is 1. The zero-order chi connectivity index (χ0) is 18.0. The summed E-state index contributed by atoms with van der Waals surface area (Å²) < 4.78 is 13.2. The Morgan fingerprint density at radius 3 is 2.96 bits per heavy atom. The Labute approximate surface area is 151 Å². The van der Waals surface area contributed by atoms with E-state index >= 15 is 0 Å². The van der Waals surface area contributed by atoms with Crippen LogP contribution in [-0.2, 0) is 23.9 Å². The number of nitrogens with two attached hydrogens (primary N) is 1. The van der Waals surface area contributed by atoms with Crippen LogP contribution in [0, 0.1) is 0 Å². The number of carbonyl (C=O) groups excluding carboxylic acids is 3. The van der Waals surface area contributed by atoms with E-state index in [-0.39, 0.29) is 17.0 Å². The van der Waals surface area contributed by atoms with Crippen LogP contribution < -0.4 is 5.73 Å².